The van der Waals surface area contributed by atoms with Gasteiger partial charge in [-0.05, 0) is 56.1 Å². The highest BCUT2D eigenvalue weighted by Crippen LogP contribution is 2.32. The van der Waals surface area contributed by atoms with Gasteiger partial charge < -0.3 is 0 Å². The van der Waals surface area contributed by atoms with Gasteiger partial charge in [-0.2, -0.15) is 0 Å². The number of fused-ring (bicyclic) bond motifs is 1. The van der Waals surface area contributed by atoms with E-state index in [1.165, 1.54) is 23.3 Å². The minimum atomic E-state index is -0.104. The second-order valence-electron chi connectivity index (χ2n) is 4.96. The Morgan fingerprint density at radius 3 is 2.67 bits per heavy atom. The lowest BCUT2D eigenvalue weighted by molar-refractivity contribution is 0.209. The average Bonchev–Trinajstić information content (AvgIpc) is 2.37. The fraction of sp³-hybridized carbons (Fsp3) is 0.600. The highest BCUT2D eigenvalue weighted by atomic mass is 32.2. The van der Waals surface area contributed by atoms with E-state index in [2.05, 4.69) is 18.7 Å². The first-order valence-electron chi connectivity index (χ1n) is 6.89. The Morgan fingerprint density at radius 1 is 1.28 bits per heavy atom. The van der Waals surface area contributed by atoms with Crippen LogP contribution in [-0.2, 0) is 6.42 Å². The maximum absolute atomic E-state index is 13.3. The van der Waals surface area contributed by atoms with E-state index in [1.807, 2.05) is 17.8 Å². The lowest BCUT2D eigenvalue weighted by Gasteiger charge is -2.34. The summed E-state index contributed by atoms with van der Waals surface area (Å²) in [6.07, 6.45) is 3.38. The molecule has 1 aliphatic rings. The van der Waals surface area contributed by atoms with Crippen molar-refractivity contribution in [1.29, 1.82) is 0 Å². The van der Waals surface area contributed by atoms with Crippen molar-refractivity contribution in [1.82, 2.24) is 4.90 Å². The van der Waals surface area contributed by atoms with E-state index in [0.717, 1.165) is 25.3 Å². The van der Waals surface area contributed by atoms with Gasteiger partial charge in [-0.3, -0.25) is 4.90 Å². The molecule has 0 bridgehead atoms. The van der Waals surface area contributed by atoms with Gasteiger partial charge in [-0.1, -0.05) is 13.8 Å². The largest absolute Gasteiger partial charge is 0.299 e. The highest BCUT2D eigenvalue weighted by molar-refractivity contribution is 7.99. The molecule has 0 fully saturated rings. The highest BCUT2D eigenvalue weighted by Gasteiger charge is 2.24. The molecule has 0 saturated carbocycles. The lowest BCUT2D eigenvalue weighted by Crippen LogP contribution is -2.41. The summed E-state index contributed by atoms with van der Waals surface area (Å²) in [4.78, 5) is 3.83. The zero-order valence-electron chi connectivity index (χ0n) is 11.3. The molecule has 100 valence electrons. The van der Waals surface area contributed by atoms with Crippen molar-refractivity contribution in [2.24, 2.45) is 0 Å². The van der Waals surface area contributed by atoms with Gasteiger partial charge in [0.2, 0.25) is 0 Å². The van der Waals surface area contributed by atoms with Gasteiger partial charge in [0.05, 0.1) is 0 Å². The van der Waals surface area contributed by atoms with Crippen LogP contribution < -0.4 is 0 Å². The van der Waals surface area contributed by atoms with Crippen LogP contribution >= 0.6 is 11.8 Å². The molecule has 1 unspecified atom stereocenters. The van der Waals surface area contributed by atoms with Crippen LogP contribution in [-0.4, -0.2) is 29.8 Å². The van der Waals surface area contributed by atoms with Crippen LogP contribution in [0.25, 0.3) is 0 Å². The number of hydrogen-bond donors (Lipinski definition) is 0. The number of thioether (sulfide) groups is 1. The molecule has 1 atom stereocenters. The van der Waals surface area contributed by atoms with Crippen molar-refractivity contribution in [2.75, 3.05) is 18.8 Å². The quantitative estimate of drug-likeness (QED) is 0.794. The van der Waals surface area contributed by atoms with Crippen molar-refractivity contribution in [3.63, 3.8) is 0 Å². The van der Waals surface area contributed by atoms with Gasteiger partial charge in [0, 0.05) is 16.7 Å². The maximum atomic E-state index is 13.3. The molecule has 2 rings (SSSR count). The molecule has 1 aliphatic heterocycles. The van der Waals surface area contributed by atoms with E-state index in [1.54, 1.807) is 12.1 Å². The Morgan fingerprint density at radius 2 is 2.00 bits per heavy atom. The fourth-order valence-electron chi connectivity index (χ4n) is 2.63. The van der Waals surface area contributed by atoms with Crippen molar-refractivity contribution in [3.8, 4) is 0 Å². The van der Waals surface area contributed by atoms with Crippen molar-refractivity contribution >= 4 is 11.8 Å². The Bertz CT molecular complexity index is 388. The summed E-state index contributed by atoms with van der Waals surface area (Å²) in [5, 5.41) is 0. The molecule has 1 aromatic rings. The third-order valence-corrected chi connectivity index (χ3v) is 4.71. The zero-order valence-corrected chi connectivity index (χ0v) is 12.1. The molecule has 0 N–H and O–H groups in total. The molecular formula is C15H22FNS. The Balaban J connectivity index is 2.09. The van der Waals surface area contributed by atoms with E-state index >= 15 is 0 Å². The molecule has 1 aromatic carbocycles. The monoisotopic (exact) mass is 267 g/mol. The smallest absolute Gasteiger partial charge is 0.123 e. The minimum absolute atomic E-state index is 0.104. The van der Waals surface area contributed by atoms with Crippen molar-refractivity contribution in [3.05, 3.63) is 29.6 Å². The van der Waals surface area contributed by atoms with Gasteiger partial charge in [0.1, 0.15) is 5.82 Å². The number of rotatable bonds is 5. The number of nitrogens with zero attached hydrogens (tertiary/aromatic N) is 1. The Labute approximate surface area is 114 Å². The molecule has 18 heavy (non-hydrogen) atoms. The minimum Gasteiger partial charge on any atom is -0.299 e. The molecule has 1 nitrogen and oxygen atoms in total. The van der Waals surface area contributed by atoms with E-state index in [0.29, 0.717) is 6.04 Å². The Hall–Kier alpha value is -0.540. The molecule has 1 heterocycles. The summed E-state index contributed by atoms with van der Waals surface area (Å²) in [5.74, 6) is 1.03. The third kappa shape index (κ3) is 3.27. The summed E-state index contributed by atoms with van der Waals surface area (Å²) in [7, 11) is 0. The van der Waals surface area contributed by atoms with E-state index in [4.69, 9.17) is 0 Å². The number of hydrogen-bond acceptors (Lipinski definition) is 2. The van der Waals surface area contributed by atoms with Crippen LogP contribution in [0.2, 0.25) is 0 Å². The summed E-state index contributed by atoms with van der Waals surface area (Å²) in [6.45, 7) is 6.77. The lowest BCUT2D eigenvalue weighted by atomic mass is 10.0. The van der Waals surface area contributed by atoms with E-state index in [9.17, 15) is 4.39 Å². The first-order valence-corrected chi connectivity index (χ1v) is 7.88. The standard InChI is InChI=1S/C15H22FNS/c1-3-7-17(8-4-2)14-10-12-9-13(16)5-6-15(12)18-11-14/h5-6,9,14H,3-4,7-8,10-11H2,1-2H3. The molecule has 0 amide bonds. The molecular weight excluding hydrogens is 245 g/mol. The van der Waals surface area contributed by atoms with Crippen LogP contribution in [0.15, 0.2) is 23.1 Å². The molecule has 0 aromatic heterocycles. The van der Waals surface area contributed by atoms with E-state index in [-0.39, 0.29) is 5.82 Å². The predicted molar refractivity (Wildman–Crippen MR) is 76.8 cm³/mol. The van der Waals surface area contributed by atoms with Gasteiger partial charge in [0.25, 0.3) is 0 Å². The second kappa shape index (κ2) is 6.58. The molecule has 0 radical (unpaired) electrons. The topological polar surface area (TPSA) is 3.24 Å². The summed E-state index contributed by atoms with van der Waals surface area (Å²) < 4.78 is 13.3. The van der Waals surface area contributed by atoms with Gasteiger partial charge >= 0.3 is 0 Å². The molecule has 0 aliphatic carbocycles. The zero-order chi connectivity index (χ0) is 13.0. The van der Waals surface area contributed by atoms with Crippen LogP contribution in [0.5, 0.6) is 0 Å². The van der Waals surface area contributed by atoms with Crippen LogP contribution in [0.1, 0.15) is 32.3 Å². The maximum Gasteiger partial charge on any atom is 0.123 e. The number of benzene rings is 1. The molecule has 3 heteroatoms. The van der Waals surface area contributed by atoms with Crippen molar-refractivity contribution in [2.45, 2.75) is 44.0 Å². The average molecular weight is 267 g/mol. The predicted octanol–water partition coefficient (Wildman–Crippen LogP) is 3.96. The molecule has 0 spiro atoms. The SMILES string of the molecule is CCCN(CCC)C1CSc2ccc(F)cc2C1. The van der Waals surface area contributed by atoms with Crippen LogP contribution in [0.4, 0.5) is 4.39 Å². The first-order chi connectivity index (χ1) is 8.74. The fourth-order valence-corrected chi connectivity index (χ4v) is 3.83. The summed E-state index contributed by atoms with van der Waals surface area (Å²) in [6, 6.07) is 5.78. The van der Waals surface area contributed by atoms with Crippen LogP contribution in [0.3, 0.4) is 0 Å². The third-order valence-electron chi connectivity index (χ3n) is 3.45. The summed E-state index contributed by atoms with van der Waals surface area (Å²) in [5.41, 5.74) is 1.19. The van der Waals surface area contributed by atoms with Crippen LogP contribution in [0, 0.1) is 5.82 Å². The van der Waals surface area contributed by atoms with Gasteiger partial charge in [-0.15, -0.1) is 11.8 Å². The van der Waals surface area contributed by atoms with Gasteiger partial charge in [-0.25, -0.2) is 4.39 Å². The first kappa shape index (κ1) is 13.9. The van der Waals surface area contributed by atoms with Gasteiger partial charge in [0.15, 0.2) is 0 Å². The number of halogens is 1. The summed E-state index contributed by atoms with van der Waals surface area (Å²) >= 11 is 1.88. The van der Waals surface area contributed by atoms with Crippen molar-refractivity contribution < 1.29 is 4.39 Å². The van der Waals surface area contributed by atoms with E-state index < -0.39 is 0 Å². The Kier molecular flexibility index (Phi) is 5.07. The normalized spacial score (nSPS) is 19.0. The molecule has 0 saturated heterocycles. The second-order valence-corrected chi connectivity index (χ2v) is 6.02.